The minimum Gasteiger partial charge on any atom is -0.346 e. The summed E-state index contributed by atoms with van der Waals surface area (Å²) in [5.41, 5.74) is 0. The van der Waals surface area contributed by atoms with Crippen LogP contribution in [0.1, 0.15) is 54.4 Å². The zero-order valence-electron chi connectivity index (χ0n) is 11.6. The molecule has 0 aromatic heterocycles. The third kappa shape index (κ3) is 11.4. The Labute approximate surface area is 96.0 Å². The van der Waals surface area contributed by atoms with Crippen molar-refractivity contribution in [1.29, 1.82) is 0 Å². The summed E-state index contributed by atoms with van der Waals surface area (Å²) in [6, 6.07) is 0. The van der Waals surface area contributed by atoms with Crippen LogP contribution in [0.2, 0.25) is 0 Å². The number of rotatable bonds is 5. The fraction of sp³-hybridized carbons (Fsp3) is 0.923. The van der Waals surface area contributed by atoms with Gasteiger partial charge in [-0.15, -0.1) is 0 Å². The number of carbonyl (C=O) groups excluding carboxylic acids is 1. The summed E-state index contributed by atoms with van der Waals surface area (Å²) in [6.45, 7) is 13.4. The molecule has 2 heteroatoms. The smallest absolute Gasteiger partial charge is 0.222 e. The van der Waals surface area contributed by atoms with Crippen molar-refractivity contribution in [2.24, 2.45) is 11.8 Å². The SMILES string of the molecule is CC.CC(C)CCN(C)C(=O)CC(C)C. The van der Waals surface area contributed by atoms with Crippen LogP contribution in [0.3, 0.4) is 0 Å². The van der Waals surface area contributed by atoms with Crippen molar-refractivity contribution in [3.63, 3.8) is 0 Å². The highest BCUT2D eigenvalue weighted by atomic mass is 16.2. The van der Waals surface area contributed by atoms with Crippen LogP contribution >= 0.6 is 0 Å². The van der Waals surface area contributed by atoms with Gasteiger partial charge in [0.25, 0.3) is 0 Å². The Kier molecular flexibility index (Phi) is 11.3. The molecule has 1 amide bonds. The largest absolute Gasteiger partial charge is 0.346 e. The fourth-order valence-electron chi connectivity index (χ4n) is 1.08. The van der Waals surface area contributed by atoms with Gasteiger partial charge in [-0.3, -0.25) is 4.79 Å². The molecule has 0 rings (SSSR count). The molecule has 0 aromatic carbocycles. The van der Waals surface area contributed by atoms with Crippen LogP contribution in [-0.2, 0) is 4.79 Å². The molecule has 0 heterocycles. The topological polar surface area (TPSA) is 20.3 Å². The zero-order chi connectivity index (χ0) is 12.4. The van der Waals surface area contributed by atoms with Gasteiger partial charge in [0.2, 0.25) is 5.91 Å². The van der Waals surface area contributed by atoms with Gasteiger partial charge in [0.05, 0.1) is 0 Å². The van der Waals surface area contributed by atoms with Gasteiger partial charge in [-0.25, -0.2) is 0 Å². The van der Waals surface area contributed by atoms with E-state index in [1.54, 1.807) is 0 Å². The molecular formula is C13H29NO. The van der Waals surface area contributed by atoms with Crippen molar-refractivity contribution in [2.75, 3.05) is 13.6 Å². The van der Waals surface area contributed by atoms with Gasteiger partial charge in [0, 0.05) is 20.0 Å². The van der Waals surface area contributed by atoms with E-state index >= 15 is 0 Å². The summed E-state index contributed by atoms with van der Waals surface area (Å²) in [5.74, 6) is 1.42. The summed E-state index contributed by atoms with van der Waals surface area (Å²) in [5, 5.41) is 0. The molecule has 0 unspecified atom stereocenters. The molecular weight excluding hydrogens is 186 g/mol. The third-order valence-corrected chi connectivity index (χ3v) is 2.05. The van der Waals surface area contributed by atoms with Gasteiger partial charge < -0.3 is 4.90 Å². The molecule has 0 spiro atoms. The maximum absolute atomic E-state index is 11.5. The second kappa shape index (κ2) is 10.0. The molecule has 0 N–H and O–H groups in total. The molecule has 0 atom stereocenters. The summed E-state index contributed by atoms with van der Waals surface area (Å²) < 4.78 is 0. The normalized spacial score (nSPS) is 9.93. The van der Waals surface area contributed by atoms with E-state index in [0.29, 0.717) is 18.3 Å². The molecule has 0 aliphatic rings. The van der Waals surface area contributed by atoms with E-state index in [1.165, 1.54) is 0 Å². The second-order valence-electron chi connectivity index (χ2n) is 4.60. The van der Waals surface area contributed by atoms with Crippen molar-refractivity contribution in [1.82, 2.24) is 4.90 Å². The first-order valence-electron chi connectivity index (χ1n) is 6.17. The predicted octanol–water partition coefficient (Wildman–Crippen LogP) is 3.56. The maximum Gasteiger partial charge on any atom is 0.222 e. The third-order valence-electron chi connectivity index (χ3n) is 2.05. The van der Waals surface area contributed by atoms with Gasteiger partial charge in [-0.2, -0.15) is 0 Å². The summed E-state index contributed by atoms with van der Waals surface area (Å²) in [6.07, 6.45) is 1.77. The van der Waals surface area contributed by atoms with Gasteiger partial charge in [-0.05, 0) is 18.3 Å². The van der Waals surface area contributed by atoms with Crippen molar-refractivity contribution in [3.05, 3.63) is 0 Å². The van der Waals surface area contributed by atoms with Gasteiger partial charge in [0.1, 0.15) is 0 Å². The van der Waals surface area contributed by atoms with E-state index in [9.17, 15) is 4.79 Å². The first-order valence-corrected chi connectivity index (χ1v) is 6.17. The highest BCUT2D eigenvalue weighted by Crippen LogP contribution is 2.05. The molecule has 0 saturated carbocycles. The monoisotopic (exact) mass is 215 g/mol. The van der Waals surface area contributed by atoms with Crippen LogP contribution in [-0.4, -0.2) is 24.4 Å². The van der Waals surface area contributed by atoms with Crippen molar-refractivity contribution in [2.45, 2.75) is 54.4 Å². The molecule has 15 heavy (non-hydrogen) atoms. The maximum atomic E-state index is 11.5. The summed E-state index contributed by atoms with van der Waals surface area (Å²) >= 11 is 0. The van der Waals surface area contributed by atoms with Crippen LogP contribution in [0.15, 0.2) is 0 Å². The molecule has 92 valence electrons. The lowest BCUT2D eigenvalue weighted by Gasteiger charge is -2.19. The second-order valence-corrected chi connectivity index (χ2v) is 4.60. The summed E-state index contributed by atoms with van der Waals surface area (Å²) in [4.78, 5) is 13.3. The lowest BCUT2D eigenvalue weighted by atomic mass is 10.1. The van der Waals surface area contributed by atoms with Crippen LogP contribution < -0.4 is 0 Å². The zero-order valence-corrected chi connectivity index (χ0v) is 11.6. The average Bonchev–Trinajstić information content (AvgIpc) is 2.16. The first kappa shape index (κ1) is 16.9. The standard InChI is InChI=1S/C11H23NO.C2H6/c1-9(2)6-7-12(5)11(13)8-10(3)4;1-2/h9-10H,6-8H2,1-5H3;1-2H3. The van der Waals surface area contributed by atoms with Crippen LogP contribution in [0.4, 0.5) is 0 Å². The van der Waals surface area contributed by atoms with E-state index in [0.717, 1.165) is 13.0 Å². The van der Waals surface area contributed by atoms with E-state index < -0.39 is 0 Å². The number of hydrogen-bond donors (Lipinski definition) is 0. The molecule has 0 aliphatic heterocycles. The Bertz CT molecular complexity index is 153. The van der Waals surface area contributed by atoms with Crippen LogP contribution in [0.5, 0.6) is 0 Å². The van der Waals surface area contributed by atoms with E-state index in [-0.39, 0.29) is 5.91 Å². The van der Waals surface area contributed by atoms with E-state index in [2.05, 4.69) is 27.7 Å². The molecule has 0 bridgehead atoms. The first-order chi connectivity index (χ1) is 6.93. The molecule has 2 nitrogen and oxygen atoms in total. The lowest BCUT2D eigenvalue weighted by Crippen LogP contribution is -2.29. The van der Waals surface area contributed by atoms with Gasteiger partial charge in [0.15, 0.2) is 0 Å². The molecule has 0 saturated heterocycles. The van der Waals surface area contributed by atoms with Crippen LogP contribution in [0, 0.1) is 11.8 Å². The lowest BCUT2D eigenvalue weighted by molar-refractivity contribution is -0.130. The summed E-state index contributed by atoms with van der Waals surface area (Å²) in [7, 11) is 1.90. The van der Waals surface area contributed by atoms with Gasteiger partial charge in [-0.1, -0.05) is 41.5 Å². The fourth-order valence-corrected chi connectivity index (χ4v) is 1.08. The number of amides is 1. The number of carbonyl (C=O) groups is 1. The Balaban J connectivity index is 0. The number of hydrogen-bond acceptors (Lipinski definition) is 1. The predicted molar refractivity (Wildman–Crippen MR) is 67.9 cm³/mol. The van der Waals surface area contributed by atoms with Crippen molar-refractivity contribution in [3.8, 4) is 0 Å². The van der Waals surface area contributed by atoms with E-state index in [4.69, 9.17) is 0 Å². The Hall–Kier alpha value is -0.530. The minimum atomic E-state index is 0.274. The highest BCUT2D eigenvalue weighted by Gasteiger charge is 2.10. The van der Waals surface area contributed by atoms with E-state index in [1.807, 2.05) is 25.8 Å². The Morgan fingerprint density at radius 1 is 1.07 bits per heavy atom. The van der Waals surface area contributed by atoms with Gasteiger partial charge >= 0.3 is 0 Å². The van der Waals surface area contributed by atoms with Crippen molar-refractivity contribution >= 4 is 5.91 Å². The molecule has 0 aromatic rings. The average molecular weight is 215 g/mol. The quantitative estimate of drug-likeness (QED) is 0.686. The van der Waals surface area contributed by atoms with Crippen molar-refractivity contribution < 1.29 is 4.79 Å². The number of nitrogens with zero attached hydrogens (tertiary/aromatic N) is 1. The molecule has 0 fully saturated rings. The minimum absolute atomic E-state index is 0.274. The molecule has 0 aliphatic carbocycles. The Morgan fingerprint density at radius 2 is 1.53 bits per heavy atom. The Morgan fingerprint density at radius 3 is 1.87 bits per heavy atom. The molecule has 0 radical (unpaired) electrons. The highest BCUT2D eigenvalue weighted by molar-refractivity contribution is 5.75. The van der Waals surface area contributed by atoms with Crippen LogP contribution in [0.25, 0.3) is 0 Å².